The second-order valence-corrected chi connectivity index (χ2v) is 7.50. The molecule has 2 aromatic carbocycles. The van der Waals surface area contributed by atoms with Crippen LogP contribution in [-0.4, -0.2) is 24.5 Å². The van der Waals surface area contributed by atoms with Gasteiger partial charge in [-0.3, -0.25) is 0 Å². The summed E-state index contributed by atoms with van der Waals surface area (Å²) in [4.78, 5) is 17.3. The molecule has 0 aliphatic rings. The summed E-state index contributed by atoms with van der Waals surface area (Å²) in [5.74, 6) is 2.12. The van der Waals surface area contributed by atoms with Crippen LogP contribution in [0.3, 0.4) is 0 Å². The summed E-state index contributed by atoms with van der Waals surface area (Å²) in [6.07, 6.45) is 3.35. The van der Waals surface area contributed by atoms with Crippen LogP contribution in [0, 0.1) is 6.92 Å². The lowest BCUT2D eigenvalue weighted by atomic mass is 10.2. The molecule has 5 aromatic rings. The summed E-state index contributed by atoms with van der Waals surface area (Å²) in [5.41, 5.74) is 5.19. The Morgan fingerprint density at radius 3 is 2.74 bits per heavy atom. The zero-order valence-electron chi connectivity index (χ0n) is 17.0. The van der Waals surface area contributed by atoms with Crippen molar-refractivity contribution in [3.05, 3.63) is 71.9 Å². The highest BCUT2D eigenvalue weighted by Crippen LogP contribution is 2.31. The molecule has 0 atom stereocenters. The fourth-order valence-corrected chi connectivity index (χ4v) is 3.62. The van der Waals surface area contributed by atoms with E-state index in [0.717, 1.165) is 45.8 Å². The molecule has 0 saturated carbocycles. The number of nitrogens with one attached hydrogen (secondary N) is 1. The molecule has 1 N–H and O–H groups in total. The highest BCUT2D eigenvalue weighted by molar-refractivity contribution is 6.29. The lowest BCUT2D eigenvalue weighted by Crippen LogP contribution is -1.98. The third-order valence-electron chi connectivity index (χ3n) is 5.05. The summed E-state index contributed by atoms with van der Waals surface area (Å²) in [7, 11) is 0. The maximum Gasteiger partial charge on any atom is 0.160 e. The van der Waals surface area contributed by atoms with E-state index in [2.05, 4.69) is 36.7 Å². The van der Waals surface area contributed by atoms with E-state index in [-0.39, 0.29) is 0 Å². The van der Waals surface area contributed by atoms with Crippen LogP contribution in [0.4, 0.5) is 11.5 Å². The van der Waals surface area contributed by atoms with Gasteiger partial charge in [-0.05, 0) is 61.9 Å². The molecule has 0 bridgehead atoms. The normalized spacial score (nSPS) is 11.2. The molecule has 0 saturated heterocycles. The maximum absolute atomic E-state index is 6.12. The molecular weight excluding hydrogens is 412 g/mol. The van der Waals surface area contributed by atoms with Crippen LogP contribution in [0.25, 0.3) is 22.1 Å². The Labute approximate surface area is 183 Å². The molecule has 5 rings (SSSR count). The number of hydrogen-bond acceptors (Lipinski definition) is 6. The van der Waals surface area contributed by atoms with Gasteiger partial charge in [0.2, 0.25) is 0 Å². The van der Waals surface area contributed by atoms with Gasteiger partial charge in [-0.15, -0.1) is 0 Å². The number of imidazole rings is 1. The van der Waals surface area contributed by atoms with Crippen LogP contribution in [0.2, 0.25) is 5.15 Å². The molecule has 0 radical (unpaired) electrons. The van der Waals surface area contributed by atoms with Crippen LogP contribution in [-0.2, 0) is 6.54 Å². The van der Waals surface area contributed by atoms with Gasteiger partial charge in [-0.25, -0.2) is 19.9 Å². The summed E-state index contributed by atoms with van der Waals surface area (Å²) >= 11 is 6.05. The van der Waals surface area contributed by atoms with E-state index in [1.165, 1.54) is 6.33 Å². The topological polar surface area (TPSA) is 77.8 Å². The van der Waals surface area contributed by atoms with Gasteiger partial charge < -0.3 is 14.6 Å². The number of aryl methyl sites for hydroxylation is 2. The standard InChI is InChI=1S/C23H19ClN6O/c1-3-30-13-27-18-11-16(5-7-19(18)30)31-20-8-4-15(10-14(20)2)28-23-22-17(25-12-26-23)6-9-21(24)29-22/h4-13H,3H2,1-2H3,(H,25,26,28). The van der Waals surface area contributed by atoms with E-state index < -0.39 is 0 Å². The summed E-state index contributed by atoms with van der Waals surface area (Å²) in [6, 6.07) is 15.3. The number of nitrogens with zero attached hydrogens (tertiary/aromatic N) is 5. The number of halogens is 1. The van der Waals surface area contributed by atoms with Gasteiger partial charge in [0, 0.05) is 18.3 Å². The van der Waals surface area contributed by atoms with Crippen molar-refractivity contribution >= 4 is 45.2 Å². The number of hydrogen-bond donors (Lipinski definition) is 1. The van der Waals surface area contributed by atoms with Gasteiger partial charge in [-0.2, -0.15) is 0 Å². The number of anilines is 2. The van der Waals surface area contributed by atoms with E-state index >= 15 is 0 Å². The minimum Gasteiger partial charge on any atom is -0.457 e. The molecule has 154 valence electrons. The first-order valence-electron chi connectivity index (χ1n) is 9.88. The molecular formula is C23H19ClN6O. The minimum atomic E-state index is 0.394. The monoisotopic (exact) mass is 430 g/mol. The van der Waals surface area contributed by atoms with E-state index in [1.54, 1.807) is 6.07 Å². The van der Waals surface area contributed by atoms with Gasteiger partial charge in [0.15, 0.2) is 5.82 Å². The smallest absolute Gasteiger partial charge is 0.160 e. The van der Waals surface area contributed by atoms with Crippen molar-refractivity contribution in [3.8, 4) is 11.5 Å². The Hall–Kier alpha value is -3.71. The fourth-order valence-electron chi connectivity index (χ4n) is 3.47. The molecule has 3 aromatic heterocycles. The van der Waals surface area contributed by atoms with Gasteiger partial charge in [0.05, 0.1) is 22.9 Å². The third kappa shape index (κ3) is 3.75. The van der Waals surface area contributed by atoms with Crippen molar-refractivity contribution in [1.82, 2.24) is 24.5 Å². The van der Waals surface area contributed by atoms with Gasteiger partial charge in [-0.1, -0.05) is 11.6 Å². The van der Waals surface area contributed by atoms with Crippen molar-refractivity contribution in [2.24, 2.45) is 0 Å². The largest absolute Gasteiger partial charge is 0.457 e. The summed E-state index contributed by atoms with van der Waals surface area (Å²) < 4.78 is 8.22. The van der Waals surface area contributed by atoms with Crippen LogP contribution < -0.4 is 10.1 Å². The first kappa shape index (κ1) is 19.3. The zero-order valence-corrected chi connectivity index (χ0v) is 17.8. The molecule has 0 amide bonds. The summed E-state index contributed by atoms with van der Waals surface area (Å²) in [5, 5.41) is 3.69. The number of rotatable bonds is 5. The van der Waals surface area contributed by atoms with E-state index in [4.69, 9.17) is 16.3 Å². The average Bonchev–Trinajstić information content (AvgIpc) is 3.18. The highest BCUT2D eigenvalue weighted by atomic mass is 35.5. The Morgan fingerprint density at radius 2 is 1.90 bits per heavy atom. The van der Waals surface area contributed by atoms with Crippen molar-refractivity contribution in [1.29, 1.82) is 0 Å². The molecule has 31 heavy (non-hydrogen) atoms. The molecule has 0 unspecified atom stereocenters. The first-order chi connectivity index (χ1) is 15.1. The first-order valence-corrected chi connectivity index (χ1v) is 10.3. The van der Waals surface area contributed by atoms with Crippen LogP contribution in [0.15, 0.2) is 61.2 Å². The van der Waals surface area contributed by atoms with E-state index in [1.807, 2.05) is 55.7 Å². The minimum absolute atomic E-state index is 0.394. The second kappa shape index (κ2) is 7.85. The number of aromatic nitrogens is 5. The predicted molar refractivity (Wildman–Crippen MR) is 122 cm³/mol. The van der Waals surface area contributed by atoms with Crippen LogP contribution in [0.5, 0.6) is 11.5 Å². The molecule has 8 heteroatoms. The quantitative estimate of drug-likeness (QED) is 0.350. The molecule has 0 fully saturated rings. The molecule has 7 nitrogen and oxygen atoms in total. The third-order valence-corrected chi connectivity index (χ3v) is 5.26. The Balaban J connectivity index is 1.40. The average molecular weight is 431 g/mol. The number of pyridine rings is 1. The number of ether oxygens (including phenoxy) is 1. The SMILES string of the molecule is CCn1cnc2cc(Oc3ccc(Nc4ncnc5ccc(Cl)nc45)cc3C)ccc21. The van der Waals surface area contributed by atoms with Crippen molar-refractivity contribution < 1.29 is 4.74 Å². The zero-order chi connectivity index (χ0) is 21.4. The van der Waals surface area contributed by atoms with Crippen molar-refractivity contribution in [3.63, 3.8) is 0 Å². The van der Waals surface area contributed by atoms with Gasteiger partial charge in [0.25, 0.3) is 0 Å². The van der Waals surface area contributed by atoms with Gasteiger partial charge >= 0.3 is 0 Å². The Bertz CT molecular complexity index is 1410. The fraction of sp³-hybridized carbons (Fsp3) is 0.130. The number of benzene rings is 2. The van der Waals surface area contributed by atoms with Gasteiger partial charge in [0.1, 0.15) is 28.5 Å². The predicted octanol–water partition coefficient (Wildman–Crippen LogP) is 5.89. The van der Waals surface area contributed by atoms with E-state index in [0.29, 0.717) is 16.5 Å². The lowest BCUT2D eigenvalue weighted by molar-refractivity contribution is 0.479. The molecule has 3 heterocycles. The lowest BCUT2D eigenvalue weighted by Gasteiger charge is -2.12. The molecule has 0 aliphatic carbocycles. The number of fused-ring (bicyclic) bond motifs is 2. The van der Waals surface area contributed by atoms with E-state index in [9.17, 15) is 0 Å². The Morgan fingerprint density at radius 1 is 1.00 bits per heavy atom. The van der Waals surface area contributed by atoms with Crippen LogP contribution in [0.1, 0.15) is 12.5 Å². The Kier molecular flexibility index (Phi) is 4.88. The van der Waals surface area contributed by atoms with Crippen molar-refractivity contribution in [2.45, 2.75) is 20.4 Å². The van der Waals surface area contributed by atoms with Crippen molar-refractivity contribution in [2.75, 3.05) is 5.32 Å². The summed E-state index contributed by atoms with van der Waals surface area (Å²) in [6.45, 7) is 4.98. The maximum atomic E-state index is 6.12. The molecule has 0 aliphatic heterocycles. The van der Waals surface area contributed by atoms with Crippen LogP contribution >= 0.6 is 11.6 Å². The highest BCUT2D eigenvalue weighted by Gasteiger charge is 2.09. The molecule has 0 spiro atoms. The second-order valence-electron chi connectivity index (χ2n) is 7.11.